The third-order valence-corrected chi connectivity index (χ3v) is 4.30. The second kappa shape index (κ2) is 6.81. The molecule has 0 amide bonds. The van der Waals surface area contributed by atoms with Gasteiger partial charge in [-0.2, -0.15) is 9.97 Å². The van der Waals surface area contributed by atoms with Crippen molar-refractivity contribution in [3.05, 3.63) is 30.0 Å². The highest BCUT2D eigenvalue weighted by molar-refractivity contribution is 6.28. The molecule has 4 aromatic rings. The lowest BCUT2D eigenvalue weighted by Crippen LogP contribution is -2.56. The van der Waals surface area contributed by atoms with Crippen LogP contribution in [0.25, 0.3) is 22.3 Å². The van der Waals surface area contributed by atoms with Crippen LogP contribution in [0.4, 0.5) is 14.6 Å². The van der Waals surface area contributed by atoms with E-state index >= 15 is 0 Å². The lowest BCUT2D eigenvalue weighted by atomic mass is 10.1. The van der Waals surface area contributed by atoms with Crippen LogP contribution in [0.1, 0.15) is 19.7 Å². The smallest absolute Gasteiger partial charge is 0.282 e. The zero-order chi connectivity index (χ0) is 20.8. The van der Waals surface area contributed by atoms with Crippen LogP contribution in [-0.4, -0.2) is 64.0 Å². The predicted molar refractivity (Wildman–Crippen MR) is 101 cm³/mol. The summed E-state index contributed by atoms with van der Waals surface area (Å²) in [6, 6.07) is 0. The number of H-pyrrole nitrogens is 2. The van der Waals surface area contributed by atoms with Crippen LogP contribution in [0, 0.1) is 0 Å². The molecule has 0 aromatic carbocycles. The molecule has 0 aliphatic carbocycles. The van der Waals surface area contributed by atoms with E-state index in [1.165, 1.54) is 11.2 Å². The number of alkyl halides is 2. The van der Waals surface area contributed by atoms with Gasteiger partial charge >= 0.3 is 0 Å². The number of nitrogens with one attached hydrogen (secondary N) is 2. The minimum atomic E-state index is -2.72. The van der Waals surface area contributed by atoms with Crippen molar-refractivity contribution in [2.75, 3.05) is 18.0 Å². The average molecular weight is 424 g/mol. The molecule has 29 heavy (non-hydrogen) atoms. The predicted octanol–water partition coefficient (Wildman–Crippen LogP) is 2.04. The molecule has 13 heteroatoms. The minimum absolute atomic E-state index is 0.0727. The summed E-state index contributed by atoms with van der Waals surface area (Å²) in [6.45, 7) is 2.26. The number of rotatable bonds is 2. The first kappa shape index (κ1) is 19.3. The van der Waals surface area contributed by atoms with Crippen molar-refractivity contribution in [2.45, 2.75) is 25.4 Å². The fourth-order valence-electron chi connectivity index (χ4n) is 2.73. The molecular weight excluding hydrogens is 408 g/mol. The molecular formula is C16H16ClF2N9O. The number of aliphatic hydroxyl groups is 1. The number of aromatic nitrogens is 8. The van der Waals surface area contributed by atoms with Crippen LogP contribution in [0.5, 0.6) is 0 Å². The molecule has 1 aliphatic heterocycles. The van der Waals surface area contributed by atoms with Crippen LogP contribution in [-0.2, 0) is 5.60 Å². The van der Waals surface area contributed by atoms with E-state index in [0.29, 0.717) is 11.2 Å². The van der Waals surface area contributed by atoms with Crippen molar-refractivity contribution >= 4 is 39.7 Å². The Morgan fingerprint density at radius 3 is 2.59 bits per heavy atom. The van der Waals surface area contributed by atoms with Gasteiger partial charge in [-0.25, -0.2) is 28.7 Å². The highest BCUT2D eigenvalue weighted by atomic mass is 35.5. The van der Waals surface area contributed by atoms with Crippen LogP contribution in [0.2, 0.25) is 5.28 Å². The number of fused-ring (bicyclic) bond motifs is 2. The summed E-state index contributed by atoms with van der Waals surface area (Å²) in [5, 5.41) is 9.86. The first-order valence-electron chi connectivity index (χ1n) is 8.50. The van der Waals surface area contributed by atoms with Gasteiger partial charge < -0.3 is 20.0 Å². The summed E-state index contributed by atoms with van der Waals surface area (Å²) in [6.07, 6.45) is 4.76. The van der Waals surface area contributed by atoms with Gasteiger partial charge in [-0.15, -0.1) is 0 Å². The normalized spacial score (nSPS) is 15.9. The quantitative estimate of drug-likeness (QED) is 0.417. The van der Waals surface area contributed by atoms with Crippen LogP contribution < -0.4 is 4.90 Å². The summed E-state index contributed by atoms with van der Waals surface area (Å²) in [5.74, 6) is -2.17. The SMILES string of the molecule is CC(C)(O)c1nc2nc(Cl)nc(N3CC(F)(F)C3)c2[nH]1.c1ncc2[nH]cnc2n1. The molecule has 3 N–H and O–H groups in total. The zero-order valence-electron chi connectivity index (χ0n) is 15.4. The molecule has 0 spiro atoms. The van der Waals surface area contributed by atoms with E-state index in [1.807, 2.05) is 0 Å². The number of hydrogen-bond donors (Lipinski definition) is 3. The molecule has 0 unspecified atom stereocenters. The van der Waals surface area contributed by atoms with Crippen molar-refractivity contribution in [3.63, 3.8) is 0 Å². The van der Waals surface area contributed by atoms with E-state index in [9.17, 15) is 13.9 Å². The number of nitrogens with zero attached hydrogens (tertiary/aromatic N) is 7. The molecule has 0 bridgehead atoms. The molecule has 0 atom stereocenters. The van der Waals surface area contributed by atoms with E-state index in [-0.39, 0.29) is 22.6 Å². The van der Waals surface area contributed by atoms with Crippen LogP contribution >= 0.6 is 11.6 Å². The Morgan fingerprint density at radius 2 is 1.93 bits per heavy atom. The van der Waals surface area contributed by atoms with Gasteiger partial charge in [-0.05, 0) is 25.4 Å². The van der Waals surface area contributed by atoms with E-state index < -0.39 is 24.6 Å². The molecule has 0 radical (unpaired) electrons. The van der Waals surface area contributed by atoms with Gasteiger partial charge in [0.15, 0.2) is 17.1 Å². The summed E-state index contributed by atoms with van der Waals surface area (Å²) >= 11 is 5.79. The Hall–Kier alpha value is -2.99. The monoisotopic (exact) mass is 423 g/mol. The Bertz CT molecular complexity index is 1130. The van der Waals surface area contributed by atoms with E-state index in [2.05, 4.69) is 39.9 Å². The lowest BCUT2D eigenvalue weighted by molar-refractivity contribution is -0.0265. The standard InChI is InChI=1S/C11H12ClF2N5O.C5H4N4/c1-10(2,20)8-15-5-6(16-8)17-9(12)18-7(5)19-3-11(13,14)4-19;1-4-5(8-2-6-1)9-3-7-4/h20H,3-4H2,1-2H3,(H,15,16,17,18);1-3H,(H,6,7,8,9). The molecule has 1 fully saturated rings. The maximum atomic E-state index is 13.0. The van der Waals surface area contributed by atoms with Crippen molar-refractivity contribution in [1.29, 1.82) is 0 Å². The number of halogens is 3. The minimum Gasteiger partial charge on any atom is -0.383 e. The van der Waals surface area contributed by atoms with E-state index in [0.717, 1.165) is 5.52 Å². The Balaban J connectivity index is 0.000000188. The molecule has 10 nitrogen and oxygen atoms in total. The van der Waals surface area contributed by atoms with Crippen molar-refractivity contribution < 1.29 is 13.9 Å². The molecule has 0 saturated carbocycles. The molecule has 5 rings (SSSR count). The second-order valence-corrected chi connectivity index (χ2v) is 7.37. The fraction of sp³-hybridized carbons (Fsp3) is 0.375. The Kier molecular flexibility index (Phi) is 4.54. The first-order chi connectivity index (χ1) is 13.6. The third-order valence-electron chi connectivity index (χ3n) is 4.13. The van der Waals surface area contributed by atoms with Crippen molar-refractivity contribution in [3.8, 4) is 0 Å². The highest BCUT2D eigenvalue weighted by Crippen LogP contribution is 2.35. The lowest BCUT2D eigenvalue weighted by Gasteiger charge is -2.39. The molecule has 1 saturated heterocycles. The molecule has 5 heterocycles. The summed E-state index contributed by atoms with van der Waals surface area (Å²) in [4.78, 5) is 30.8. The van der Waals surface area contributed by atoms with Crippen LogP contribution in [0.15, 0.2) is 18.9 Å². The summed E-state index contributed by atoms with van der Waals surface area (Å²) < 4.78 is 26.0. The molecule has 152 valence electrons. The first-order valence-corrected chi connectivity index (χ1v) is 8.88. The van der Waals surface area contributed by atoms with Gasteiger partial charge in [-0.3, -0.25) is 0 Å². The molecule has 4 aromatic heterocycles. The Morgan fingerprint density at radius 1 is 1.17 bits per heavy atom. The van der Waals surface area contributed by atoms with Crippen molar-refractivity contribution in [2.24, 2.45) is 0 Å². The maximum Gasteiger partial charge on any atom is 0.282 e. The second-order valence-electron chi connectivity index (χ2n) is 7.03. The average Bonchev–Trinajstić information content (AvgIpc) is 3.25. The van der Waals surface area contributed by atoms with Gasteiger partial charge in [0, 0.05) is 0 Å². The van der Waals surface area contributed by atoms with Gasteiger partial charge in [0.1, 0.15) is 28.8 Å². The largest absolute Gasteiger partial charge is 0.383 e. The maximum absolute atomic E-state index is 13.0. The van der Waals surface area contributed by atoms with E-state index in [1.54, 1.807) is 26.4 Å². The van der Waals surface area contributed by atoms with Crippen molar-refractivity contribution in [1.82, 2.24) is 39.9 Å². The fourth-order valence-corrected chi connectivity index (χ4v) is 2.89. The van der Waals surface area contributed by atoms with Gasteiger partial charge in [0.2, 0.25) is 5.28 Å². The van der Waals surface area contributed by atoms with Gasteiger partial charge in [0.05, 0.1) is 25.6 Å². The number of anilines is 1. The van der Waals surface area contributed by atoms with E-state index in [4.69, 9.17) is 11.6 Å². The number of imidazole rings is 2. The van der Waals surface area contributed by atoms with Gasteiger partial charge in [-0.1, -0.05) is 0 Å². The Labute approximate surface area is 167 Å². The number of aromatic amines is 2. The zero-order valence-corrected chi connectivity index (χ0v) is 16.1. The summed E-state index contributed by atoms with van der Waals surface area (Å²) in [7, 11) is 0. The highest BCUT2D eigenvalue weighted by Gasteiger charge is 2.45. The number of hydrogen-bond acceptors (Lipinski definition) is 8. The molecule has 1 aliphatic rings. The van der Waals surface area contributed by atoms with Crippen LogP contribution in [0.3, 0.4) is 0 Å². The third kappa shape index (κ3) is 3.93. The summed E-state index contributed by atoms with van der Waals surface area (Å²) in [5.41, 5.74) is 1.01. The van der Waals surface area contributed by atoms with Gasteiger partial charge in [0.25, 0.3) is 5.92 Å². The topological polar surface area (TPSA) is 132 Å².